The standard InChI is InChI=1S/C34H44F3N5O2S/c1-4-6-15-27(5-2)32(44)41-20-19-40(24-25(41)3)31(43)18-10-11-21-45-33-39-38-30(22-26-13-8-7-9-14-26)42(33)29-17-12-16-28(23-29)34(35,36)37/h7-9,12-14,16-17,23,25,27H,4-6,10-11,15,18-22,24H2,1-3H3. The van der Waals surface area contributed by atoms with E-state index in [1.807, 2.05) is 47.1 Å². The molecule has 0 aliphatic carbocycles. The maximum Gasteiger partial charge on any atom is 0.416 e. The highest BCUT2D eigenvalue weighted by molar-refractivity contribution is 7.99. The zero-order valence-corrected chi connectivity index (χ0v) is 27.2. The van der Waals surface area contributed by atoms with E-state index in [4.69, 9.17) is 0 Å². The molecule has 2 unspecified atom stereocenters. The van der Waals surface area contributed by atoms with Crippen LogP contribution in [-0.4, -0.2) is 67.8 Å². The first kappa shape index (κ1) is 34.5. The molecule has 1 fully saturated rings. The van der Waals surface area contributed by atoms with Gasteiger partial charge in [-0.15, -0.1) is 10.2 Å². The van der Waals surface area contributed by atoms with Gasteiger partial charge in [-0.3, -0.25) is 14.2 Å². The summed E-state index contributed by atoms with van der Waals surface area (Å²) >= 11 is 1.43. The predicted molar refractivity (Wildman–Crippen MR) is 171 cm³/mol. The fourth-order valence-electron chi connectivity index (χ4n) is 5.77. The molecule has 2 heterocycles. The molecule has 0 saturated carbocycles. The Morgan fingerprint density at radius 1 is 1.00 bits per heavy atom. The summed E-state index contributed by atoms with van der Waals surface area (Å²) in [6.45, 7) is 7.90. The van der Waals surface area contributed by atoms with Crippen LogP contribution in [0.4, 0.5) is 13.2 Å². The number of unbranched alkanes of at least 4 members (excludes halogenated alkanes) is 2. The summed E-state index contributed by atoms with van der Waals surface area (Å²) in [5.41, 5.74) is 0.616. The number of rotatable bonds is 14. The Labute approximate surface area is 268 Å². The van der Waals surface area contributed by atoms with Crippen LogP contribution in [0.2, 0.25) is 0 Å². The molecule has 1 aliphatic heterocycles. The molecule has 11 heteroatoms. The SMILES string of the molecule is CCCCC(CC)C(=O)N1CCN(C(=O)CCCCSc2nnc(Cc3ccccc3)n2-c2cccc(C(F)(F)F)c2)CC1C. The topological polar surface area (TPSA) is 71.3 Å². The summed E-state index contributed by atoms with van der Waals surface area (Å²) in [5, 5.41) is 9.20. The van der Waals surface area contributed by atoms with Crippen LogP contribution < -0.4 is 0 Å². The minimum absolute atomic E-state index is 0.00581. The van der Waals surface area contributed by atoms with Crippen LogP contribution in [0.15, 0.2) is 59.8 Å². The van der Waals surface area contributed by atoms with Gasteiger partial charge in [-0.25, -0.2) is 0 Å². The maximum atomic E-state index is 13.5. The number of thioether (sulfide) groups is 1. The number of amides is 2. The van der Waals surface area contributed by atoms with Crippen molar-refractivity contribution in [2.45, 2.75) is 89.5 Å². The van der Waals surface area contributed by atoms with Crippen molar-refractivity contribution in [1.29, 1.82) is 0 Å². The number of aromatic nitrogens is 3. The number of carbonyl (C=O) groups is 2. The monoisotopic (exact) mass is 643 g/mol. The molecule has 0 radical (unpaired) electrons. The second-order valence-electron chi connectivity index (χ2n) is 11.7. The Morgan fingerprint density at radius 2 is 1.78 bits per heavy atom. The third-order valence-electron chi connectivity index (χ3n) is 8.36. The van der Waals surface area contributed by atoms with Crippen molar-refractivity contribution in [2.75, 3.05) is 25.4 Å². The number of alkyl halides is 3. The highest BCUT2D eigenvalue weighted by Gasteiger charge is 2.33. The molecule has 1 aromatic heterocycles. The van der Waals surface area contributed by atoms with Crippen LogP contribution >= 0.6 is 11.8 Å². The van der Waals surface area contributed by atoms with Gasteiger partial charge in [0, 0.05) is 50.2 Å². The third kappa shape index (κ3) is 9.34. The molecule has 244 valence electrons. The van der Waals surface area contributed by atoms with Gasteiger partial charge in [0.1, 0.15) is 5.82 Å². The average molecular weight is 644 g/mol. The minimum Gasteiger partial charge on any atom is -0.339 e. The van der Waals surface area contributed by atoms with E-state index in [0.29, 0.717) is 61.3 Å². The summed E-state index contributed by atoms with van der Waals surface area (Å²) in [6, 6.07) is 14.8. The van der Waals surface area contributed by atoms with E-state index >= 15 is 0 Å². The number of carbonyl (C=O) groups excluding carboxylic acids is 2. The highest BCUT2D eigenvalue weighted by Crippen LogP contribution is 2.32. The van der Waals surface area contributed by atoms with Gasteiger partial charge in [-0.2, -0.15) is 13.2 Å². The molecule has 0 bridgehead atoms. The average Bonchev–Trinajstić information content (AvgIpc) is 3.43. The molecular weight excluding hydrogens is 599 g/mol. The van der Waals surface area contributed by atoms with Crippen molar-refractivity contribution in [3.05, 3.63) is 71.5 Å². The van der Waals surface area contributed by atoms with Crippen LogP contribution in [0.5, 0.6) is 0 Å². The normalized spacial score (nSPS) is 16.2. The number of nitrogens with zero attached hydrogens (tertiary/aromatic N) is 5. The largest absolute Gasteiger partial charge is 0.416 e. The first-order chi connectivity index (χ1) is 21.6. The molecule has 1 aliphatic rings. The minimum atomic E-state index is -4.46. The van der Waals surface area contributed by atoms with Crippen LogP contribution in [-0.2, 0) is 22.2 Å². The van der Waals surface area contributed by atoms with Gasteiger partial charge in [-0.05, 0) is 56.4 Å². The lowest BCUT2D eigenvalue weighted by atomic mass is 9.96. The molecular formula is C34H44F3N5O2S. The van der Waals surface area contributed by atoms with Crippen LogP contribution in [0.1, 0.15) is 82.7 Å². The molecule has 0 spiro atoms. The summed E-state index contributed by atoms with van der Waals surface area (Å²) in [6.07, 6.45) is 1.68. The zero-order chi connectivity index (χ0) is 32.4. The number of hydrogen-bond donors (Lipinski definition) is 0. The fourth-order valence-corrected chi connectivity index (χ4v) is 6.74. The summed E-state index contributed by atoms with van der Waals surface area (Å²) < 4.78 is 42.2. The molecule has 45 heavy (non-hydrogen) atoms. The van der Waals surface area contributed by atoms with Crippen molar-refractivity contribution < 1.29 is 22.8 Å². The van der Waals surface area contributed by atoms with E-state index in [-0.39, 0.29) is 23.8 Å². The lowest BCUT2D eigenvalue weighted by Crippen LogP contribution is -2.56. The number of halogens is 3. The van der Waals surface area contributed by atoms with Crippen molar-refractivity contribution in [2.24, 2.45) is 5.92 Å². The first-order valence-electron chi connectivity index (χ1n) is 16.0. The molecule has 4 rings (SSSR count). The summed E-state index contributed by atoms with van der Waals surface area (Å²) in [5.74, 6) is 1.56. The Balaban J connectivity index is 1.32. The van der Waals surface area contributed by atoms with Crippen molar-refractivity contribution in [3.63, 3.8) is 0 Å². The second kappa shape index (κ2) is 16.3. The Kier molecular flexibility index (Phi) is 12.5. The van der Waals surface area contributed by atoms with Gasteiger partial charge in [0.05, 0.1) is 11.3 Å². The maximum absolute atomic E-state index is 13.5. The van der Waals surface area contributed by atoms with E-state index in [9.17, 15) is 22.8 Å². The molecule has 0 N–H and O–H groups in total. The number of benzene rings is 2. The predicted octanol–water partition coefficient (Wildman–Crippen LogP) is 7.42. The van der Waals surface area contributed by atoms with Gasteiger partial charge >= 0.3 is 6.18 Å². The van der Waals surface area contributed by atoms with Gasteiger partial charge in [0.15, 0.2) is 5.16 Å². The molecule has 7 nitrogen and oxygen atoms in total. The van der Waals surface area contributed by atoms with Gasteiger partial charge in [-0.1, -0.05) is 74.8 Å². The van der Waals surface area contributed by atoms with Crippen LogP contribution in [0.25, 0.3) is 5.69 Å². The Bertz CT molecular complexity index is 1400. The molecule has 2 atom stereocenters. The molecule has 2 amide bonds. The smallest absolute Gasteiger partial charge is 0.339 e. The Hall–Kier alpha value is -3.34. The first-order valence-corrected chi connectivity index (χ1v) is 17.0. The van der Waals surface area contributed by atoms with Gasteiger partial charge < -0.3 is 9.80 Å². The van der Waals surface area contributed by atoms with Crippen molar-refractivity contribution in [1.82, 2.24) is 24.6 Å². The van der Waals surface area contributed by atoms with E-state index in [0.717, 1.165) is 49.8 Å². The highest BCUT2D eigenvalue weighted by atomic mass is 32.2. The number of hydrogen-bond acceptors (Lipinski definition) is 5. The molecule has 1 saturated heterocycles. The van der Waals surface area contributed by atoms with E-state index < -0.39 is 11.7 Å². The summed E-state index contributed by atoms with van der Waals surface area (Å²) in [4.78, 5) is 29.9. The van der Waals surface area contributed by atoms with E-state index in [1.54, 1.807) is 10.6 Å². The second-order valence-corrected chi connectivity index (χ2v) is 12.8. The lowest BCUT2D eigenvalue weighted by molar-refractivity contribution is -0.145. The molecule has 3 aromatic rings. The van der Waals surface area contributed by atoms with E-state index in [1.165, 1.54) is 17.8 Å². The van der Waals surface area contributed by atoms with Crippen molar-refractivity contribution >= 4 is 23.6 Å². The quantitative estimate of drug-likeness (QED) is 0.135. The van der Waals surface area contributed by atoms with Crippen LogP contribution in [0, 0.1) is 5.92 Å². The van der Waals surface area contributed by atoms with Crippen LogP contribution in [0.3, 0.4) is 0 Å². The van der Waals surface area contributed by atoms with Crippen molar-refractivity contribution in [3.8, 4) is 5.69 Å². The lowest BCUT2D eigenvalue weighted by Gasteiger charge is -2.41. The Morgan fingerprint density at radius 3 is 2.47 bits per heavy atom. The van der Waals surface area contributed by atoms with E-state index in [2.05, 4.69) is 24.0 Å². The fraction of sp³-hybridized carbons (Fsp3) is 0.529. The third-order valence-corrected chi connectivity index (χ3v) is 9.38. The van der Waals surface area contributed by atoms with Gasteiger partial charge in [0.2, 0.25) is 11.8 Å². The number of piperazine rings is 1. The zero-order valence-electron chi connectivity index (χ0n) is 26.4. The van der Waals surface area contributed by atoms with Gasteiger partial charge in [0.25, 0.3) is 0 Å². The molecule has 2 aromatic carbocycles. The summed E-state index contributed by atoms with van der Waals surface area (Å²) in [7, 11) is 0.